The van der Waals surface area contributed by atoms with Gasteiger partial charge in [0, 0.05) is 36.9 Å². The Hall–Kier alpha value is -4.47. The van der Waals surface area contributed by atoms with E-state index in [1.54, 1.807) is 35.2 Å². The number of hydrogen-bond donors (Lipinski definition) is 0. The zero-order valence-corrected chi connectivity index (χ0v) is 18.7. The van der Waals surface area contributed by atoms with Gasteiger partial charge in [0.25, 0.3) is 5.91 Å². The van der Waals surface area contributed by atoms with Crippen LogP contribution in [0.15, 0.2) is 73.6 Å². The van der Waals surface area contributed by atoms with Crippen molar-refractivity contribution in [1.29, 1.82) is 0 Å². The maximum Gasteiger partial charge on any atom is 0.258 e. The van der Waals surface area contributed by atoms with Crippen LogP contribution in [-0.2, 0) is 6.54 Å². The second-order valence-electron chi connectivity index (χ2n) is 8.43. The second-order valence-corrected chi connectivity index (χ2v) is 8.43. The molecule has 0 aliphatic carbocycles. The maximum absolute atomic E-state index is 13.9. The van der Waals surface area contributed by atoms with Gasteiger partial charge in [-0.3, -0.25) is 14.5 Å². The summed E-state index contributed by atoms with van der Waals surface area (Å²) in [4.78, 5) is 28.6. The molecule has 1 amide bonds. The van der Waals surface area contributed by atoms with Crippen LogP contribution in [0.4, 0.5) is 4.39 Å². The first kappa shape index (κ1) is 21.1. The smallest absolute Gasteiger partial charge is 0.258 e. The van der Waals surface area contributed by atoms with E-state index in [9.17, 15) is 9.18 Å². The van der Waals surface area contributed by atoms with Crippen LogP contribution in [0.3, 0.4) is 0 Å². The molecule has 35 heavy (non-hydrogen) atoms. The minimum Gasteiger partial charge on any atom is -0.334 e. The molecule has 5 aromatic rings. The Labute approximate surface area is 199 Å². The molecule has 0 unspecified atom stereocenters. The molecule has 1 saturated heterocycles. The summed E-state index contributed by atoms with van der Waals surface area (Å²) in [7, 11) is 0. The van der Waals surface area contributed by atoms with E-state index in [4.69, 9.17) is 0 Å². The highest BCUT2D eigenvalue weighted by atomic mass is 19.1. The number of rotatable bonds is 5. The largest absolute Gasteiger partial charge is 0.334 e. The van der Waals surface area contributed by atoms with E-state index in [2.05, 4.69) is 25.1 Å². The first-order chi connectivity index (χ1) is 17.2. The van der Waals surface area contributed by atoms with Crippen molar-refractivity contribution in [3.63, 3.8) is 0 Å². The van der Waals surface area contributed by atoms with Crippen LogP contribution in [0.1, 0.15) is 23.2 Å². The van der Waals surface area contributed by atoms with Crippen molar-refractivity contribution in [3.8, 4) is 22.8 Å². The highest BCUT2D eigenvalue weighted by molar-refractivity contribution is 6.06. The van der Waals surface area contributed by atoms with Crippen molar-refractivity contribution < 1.29 is 9.18 Å². The van der Waals surface area contributed by atoms with E-state index < -0.39 is 0 Å². The first-order valence-electron chi connectivity index (χ1n) is 11.4. The molecule has 1 atom stereocenters. The Kier molecular flexibility index (Phi) is 5.25. The van der Waals surface area contributed by atoms with Crippen molar-refractivity contribution in [2.45, 2.75) is 25.4 Å². The molecule has 1 aliphatic rings. The lowest BCUT2D eigenvalue weighted by Gasteiger charge is -2.24. The van der Waals surface area contributed by atoms with E-state index in [0.29, 0.717) is 35.9 Å². The summed E-state index contributed by atoms with van der Waals surface area (Å²) in [5.41, 5.74) is 3.13. The molecule has 0 saturated carbocycles. The summed E-state index contributed by atoms with van der Waals surface area (Å²) in [6.07, 6.45) is 11.6. The number of fused-ring (bicyclic) bond motifs is 1. The van der Waals surface area contributed by atoms with Crippen LogP contribution in [0.25, 0.3) is 28.3 Å². The zero-order chi connectivity index (χ0) is 23.8. The van der Waals surface area contributed by atoms with Gasteiger partial charge >= 0.3 is 0 Å². The molecule has 0 spiro atoms. The average Bonchev–Trinajstić information content (AvgIpc) is 3.63. The quantitative estimate of drug-likeness (QED) is 0.392. The summed E-state index contributed by atoms with van der Waals surface area (Å²) in [5.74, 6) is -0.0586. The van der Waals surface area contributed by atoms with E-state index in [1.807, 2.05) is 40.2 Å². The molecular weight excluding hydrogens is 447 g/mol. The zero-order valence-electron chi connectivity index (χ0n) is 18.7. The lowest BCUT2D eigenvalue weighted by atomic mass is 10.1. The van der Waals surface area contributed by atoms with Crippen LogP contribution in [0, 0.1) is 5.82 Å². The van der Waals surface area contributed by atoms with Gasteiger partial charge in [-0.25, -0.2) is 18.9 Å². The summed E-state index contributed by atoms with van der Waals surface area (Å²) >= 11 is 0. The van der Waals surface area contributed by atoms with Gasteiger partial charge in [-0.15, -0.1) is 0 Å². The molecule has 10 heteroatoms. The Morgan fingerprint density at radius 1 is 1.06 bits per heavy atom. The number of nitrogens with zero attached hydrogens (tertiary/aromatic N) is 8. The van der Waals surface area contributed by atoms with E-state index in [1.165, 1.54) is 12.3 Å². The lowest BCUT2D eigenvalue weighted by molar-refractivity contribution is 0.0724. The Morgan fingerprint density at radius 2 is 1.94 bits per heavy atom. The number of carbonyl (C=O) groups is 1. The van der Waals surface area contributed by atoms with Gasteiger partial charge in [0.2, 0.25) is 0 Å². The Bertz CT molecular complexity index is 1500. The molecule has 6 rings (SSSR count). The maximum atomic E-state index is 13.9. The predicted octanol–water partition coefficient (Wildman–Crippen LogP) is 3.49. The normalized spacial score (nSPS) is 15.7. The highest BCUT2D eigenvalue weighted by Gasteiger charge is 2.34. The predicted molar refractivity (Wildman–Crippen MR) is 126 cm³/mol. The summed E-state index contributed by atoms with van der Waals surface area (Å²) in [5, 5.41) is 9.08. The number of amides is 1. The fourth-order valence-corrected chi connectivity index (χ4v) is 4.58. The van der Waals surface area contributed by atoms with Gasteiger partial charge in [-0.1, -0.05) is 6.07 Å². The molecule has 5 aromatic heterocycles. The minimum absolute atomic E-state index is 0.0281. The first-order valence-corrected chi connectivity index (χ1v) is 11.4. The molecule has 0 aromatic carbocycles. The SMILES string of the molecule is O=C(c1c(-c2ncccn2)nn2ccccc12)N1CCC[C@H]1Cn1cc(-c2ccc(F)cn2)cn1. The van der Waals surface area contributed by atoms with Gasteiger partial charge in [0.15, 0.2) is 5.82 Å². The highest BCUT2D eigenvalue weighted by Crippen LogP contribution is 2.29. The van der Waals surface area contributed by atoms with Crippen LogP contribution in [0.5, 0.6) is 0 Å². The van der Waals surface area contributed by atoms with Crippen LogP contribution in [0.2, 0.25) is 0 Å². The van der Waals surface area contributed by atoms with Gasteiger partial charge in [0.1, 0.15) is 11.5 Å². The lowest BCUT2D eigenvalue weighted by Crippen LogP contribution is -2.38. The van der Waals surface area contributed by atoms with Gasteiger partial charge in [-0.05, 0) is 43.2 Å². The fraction of sp³-hybridized carbons (Fsp3) is 0.200. The summed E-state index contributed by atoms with van der Waals surface area (Å²) in [6, 6.07) is 10.3. The number of halogens is 1. The third-order valence-corrected chi connectivity index (χ3v) is 6.22. The van der Waals surface area contributed by atoms with Crippen molar-refractivity contribution in [3.05, 3.63) is 85.0 Å². The monoisotopic (exact) mass is 468 g/mol. The third-order valence-electron chi connectivity index (χ3n) is 6.22. The van der Waals surface area contributed by atoms with Crippen LogP contribution in [-0.4, -0.2) is 57.7 Å². The van der Waals surface area contributed by atoms with Crippen molar-refractivity contribution >= 4 is 11.4 Å². The third kappa shape index (κ3) is 3.92. The molecule has 6 heterocycles. The number of pyridine rings is 2. The van der Waals surface area contributed by atoms with E-state index >= 15 is 0 Å². The summed E-state index contributed by atoms with van der Waals surface area (Å²) in [6.45, 7) is 1.19. The van der Waals surface area contributed by atoms with Crippen molar-refractivity contribution in [1.82, 2.24) is 39.2 Å². The molecular formula is C25H21FN8O. The Balaban J connectivity index is 1.30. The van der Waals surface area contributed by atoms with E-state index in [0.717, 1.165) is 23.9 Å². The molecule has 0 N–H and O–H groups in total. The molecule has 9 nitrogen and oxygen atoms in total. The van der Waals surface area contributed by atoms with E-state index in [-0.39, 0.29) is 17.8 Å². The van der Waals surface area contributed by atoms with Crippen LogP contribution >= 0.6 is 0 Å². The van der Waals surface area contributed by atoms with Crippen molar-refractivity contribution in [2.75, 3.05) is 6.54 Å². The summed E-state index contributed by atoms with van der Waals surface area (Å²) < 4.78 is 16.7. The Morgan fingerprint density at radius 3 is 2.77 bits per heavy atom. The number of likely N-dealkylation sites (tertiary alicyclic amines) is 1. The average molecular weight is 468 g/mol. The molecule has 1 fully saturated rings. The van der Waals surface area contributed by atoms with Crippen molar-refractivity contribution in [2.24, 2.45) is 0 Å². The number of hydrogen-bond acceptors (Lipinski definition) is 6. The second kappa shape index (κ2) is 8.71. The van der Waals surface area contributed by atoms with Gasteiger partial charge in [0.05, 0.1) is 41.8 Å². The fourth-order valence-electron chi connectivity index (χ4n) is 4.58. The molecule has 0 radical (unpaired) electrons. The number of carbonyl (C=O) groups excluding carboxylic acids is 1. The minimum atomic E-state index is -0.380. The molecule has 0 bridgehead atoms. The molecule has 174 valence electrons. The van der Waals surface area contributed by atoms with Crippen LogP contribution < -0.4 is 0 Å². The standard InChI is InChI=1S/C25H21FN8O/c26-18-7-8-20(29-14-18)17-13-30-32(15-17)16-19-5-3-11-33(19)25(35)22-21-6-1-2-12-34(21)31-23(22)24-27-9-4-10-28-24/h1-2,4,6-10,12-15,19H,3,5,11,16H2/t19-/m0/s1. The van der Waals surface area contributed by atoms with Gasteiger partial charge < -0.3 is 4.90 Å². The number of aromatic nitrogens is 7. The van der Waals surface area contributed by atoms with Gasteiger partial charge in [-0.2, -0.15) is 10.2 Å². The molecule has 1 aliphatic heterocycles. The topological polar surface area (TPSA) is 94.1 Å².